The molecule has 0 spiro atoms. The van der Waals surface area contributed by atoms with Crippen LogP contribution < -0.4 is 10.6 Å². The van der Waals surface area contributed by atoms with Crippen molar-refractivity contribution >= 4 is 17.3 Å². The Morgan fingerprint density at radius 1 is 1.25 bits per heavy atom. The van der Waals surface area contributed by atoms with Crippen molar-refractivity contribution in [3.8, 4) is 5.75 Å². The van der Waals surface area contributed by atoms with Gasteiger partial charge >= 0.3 is 0 Å². The third-order valence-electron chi connectivity index (χ3n) is 3.45. The molecule has 16 heavy (non-hydrogen) atoms. The smallest absolute Gasteiger partial charge is 0.229 e. The minimum atomic E-state index is 0.0644. The number of carbonyl (C=O) groups is 1. The van der Waals surface area contributed by atoms with Crippen LogP contribution in [0.15, 0.2) is 18.2 Å². The van der Waals surface area contributed by atoms with Crippen LogP contribution in [0.2, 0.25) is 0 Å². The van der Waals surface area contributed by atoms with E-state index >= 15 is 0 Å². The summed E-state index contributed by atoms with van der Waals surface area (Å²) in [7, 11) is 0. The van der Waals surface area contributed by atoms with Crippen molar-refractivity contribution in [3.05, 3.63) is 18.2 Å². The van der Waals surface area contributed by atoms with Gasteiger partial charge in [-0.2, -0.15) is 0 Å². The second kappa shape index (κ2) is 3.40. The van der Waals surface area contributed by atoms with Gasteiger partial charge in [0.2, 0.25) is 5.91 Å². The molecule has 2 unspecified atom stereocenters. The first kappa shape index (κ1) is 9.51. The lowest BCUT2D eigenvalue weighted by atomic mass is 10.0. The van der Waals surface area contributed by atoms with E-state index in [1.165, 1.54) is 0 Å². The molecule has 0 saturated heterocycles. The van der Waals surface area contributed by atoms with Crippen molar-refractivity contribution in [1.82, 2.24) is 0 Å². The van der Waals surface area contributed by atoms with Gasteiger partial charge in [0.25, 0.3) is 0 Å². The number of hydrogen-bond acceptors (Lipinski definition) is 3. The summed E-state index contributed by atoms with van der Waals surface area (Å²) in [5.74, 6) is 0.380. The quantitative estimate of drug-likeness (QED) is 0.583. The number of anilines is 2. The Morgan fingerprint density at radius 3 is 3.00 bits per heavy atom. The molecular weight excluding hydrogens is 204 g/mol. The van der Waals surface area contributed by atoms with Gasteiger partial charge in [0, 0.05) is 12.1 Å². The first-order valence-corrected chi connectivity index (χ1v) is 5.64. The topological polar surface area (TPSA) is 61.4 Å². The maximum Gasteiger partial charge on any atom is 0.229 e. The predicted octanol–water partition coefficient (Wildman–Crippen LogP) is 1.92. The summed E-state index contributed by atoms with van der Waals surface area (Å²) in [4.78, 5) is 11.9. The van der Waals surface area contributed by atoms with Crippen molar-refractivity contribution in [2.45, 2.75) is 25.3 Å². The van der Waals surface area contributed by atoms with Gasteiger partial charge in [-0.25, -0.2) is 0 Å². The summed E-state index contributed by atoms with van der Waals surface area (Å²) in [5.41, 5.74) is 1.58. The van der Waals surface area contributed by atoms with Crippen LogP contribution in [-0.4, -0.2) is 17.1 Å². The molecule has 1 fully saturated rings. The van der Waals surface area contributed by atoms with Crippen LogP contribution in [0.3, 0.4) is 0 Å². The molecule has 3 N–H and O–H groups in total. The standard InChI is InChI=1S/C12H14N2O2/c15-7-4-5-10-11(6-7)13-9-3-1-2-8(9)12(16)14-10/h4-6,8-9,13,15H,1-3H2,(H,14,16). The van der Waals surface area contributed by atoms with Crippen molar-refractivity contribution in [1.29, 1.82) is 0 Å². The number of nitrogens with one attached hydrogen (secondary N) is 2. The van der Waals surface area contributed by atoms with Crippen LogP contribution >= 0.6 is 0 Å². The minimum absolute atomic E-state index is 0.0644. The average molecular weight is 218 g/mol. The Labute approximate surface area is 93.7 Å². The molecule has 2 aliphatic rings. The van der Waals surface area contributed by atoms with Gasteiger partial charge in [-0.3, -0.25) is 4.79 Å². The number of hydrogen-bond donors (Lipinski definition) is 3. The number of carbonyl (C=O) groups excluding carboxylic acids is 1. The van der Waals surface area contributed by atoms with Gasteiger partial charge in [0.1, 0.15) is 5.75 Å². The van der Waals surface area contributed by atoms with E-state index in [1.807, 2.05) is 0 Å². The van der Waals surface area contributed by atoms with Crippen LogP contribution in [-0.2, 0) is 4.79 Å². The summed E-state index contributed by atoms with van der Waals surface area (Å²) in [5, 5.41) is 15.7. The second-order valence-corrected chi connectivity index (χ2v) is 4.51. The fourth-order valence-electron chi connectivity index (χ4n) is 2.63. The molecule has 1 aliphatic heterocycles. The highest BCUT2D eigenvalue weighted by atomic mass is 16.3. The molecule has 2 atom stereocenters. The predicted molar refractivity (Wildman–Crippen MR) is 61.5 cm³/mol. The van der Waals surface area contributed by atoms with Crippen molar-refractivity contribution in [2.75, 3.05) is 10.6 Å². The molecule has 1 aromatic carbocycles. The van der Waals surface area contributed by atoms with E-state index in [0.29, 0.717) is 0 Å². The normalized spacial score (nSPS) is 27.4. The minimum Gasteiger partial charge on any atom is -0.508 e. The highest BCUT2D eigenvalue weighted by Crippen LogP contribution is 2.36. The highest BCUT2D eigenvalue weighted by molar-refractivity contribution is 5.98. The lowest BCUT2D eigenvalue weighted by Gasteiger charge is -2.16. The lowest BCUT2D eigenvalue weighted by molar-refractivity contribution is -0.119. The fraction of sp³-hybridized carbons (Fsp3) is 0.417. The third kappa shape index (κ3) is 1.41. The Balaban J connectivity index is 2.01. The second-order valence-electron chi connectivity index (χ2n) is 4.51. The zero-order chi connectivity index (χ0) is 11.1. The summed E-state index contributed by atoms with van der Waals surface area (Å²) in [6.45, 7) is 0. The van der Waals surface area contributed by atoms with E-state index in [2.05, 4.69) is 10.6 Å². The van der Waals surface area contributed by atoms with Crippen LogP contribution in [0.1, 0.15) is 19.3 Å². The van der Waals surface area contributed by atoms with Gasteiger partial charge in [0.05, 0.1) is 17.3 Å². The summed E-state index contributed by atoms with van der Waals surface area (Å²) < 4.78 is 0. The monoisotopic (exact) mass is 218 g/mol. The molecule has 0 aromatic heterocycles. The zero-order valence-electron chi connectivity index (χ0n) is 8.86. The summed E-state index contributed by atoms with van der Waals surface area (Å²) in [6, 6.07) is 5.19. The fourth-order valence-corrected chi connectivity index (χ4v) is 2.63. The average Bonchev–Trinajstić information content (AvgIpc) is 2.65. The lowest BCUT2D eigenvalue weighted by Crippen LogP contribution is -2.30. The van der Waals surface area contributed by atoms with Crippen molar-refractivity contribution in [2.24, 2.45) is 5.92 Å². The van der Waals surface area contributed by atoms with Gasteiger partial charge < -0.3 is 15.7 Å². The SMILES string of the molecule is O=C1Nc2ccc(O)cc2NC2CCCC12. The number of phenols is 1. The number of amides is 1. The zero-order valence-corrected chi connectivity index (χ0v) is 8.86. The Bertz CT molecular complexity index is 445. The summed E-state index contributed by atoms with van der Waals surface area (Å²) >= 11 is 0. The molecule has 3 rings (SSSR count). The largest absolute Gasteiger partial charge is 0.508 e. The third-order valence-corrected chi connectivity index (χ3v) is 3.45. The van der Waals surface area contributed by atoms with E-state index in [9.17, 15) is 9.90 Å². The molecule has 1 aliphatic carbocycles. The molecule has 4 heteroatoms. The number of benzene rings is 1. The van der Waals surface area contributed by atoms with Gasteiger partial charge in [0.15, 0.2) is 0 Å². The Kier molecular flexibility index (Phi) is 2.02. The molecule has 1 amide bonds. The Hall–Kier alpha value is -1.71. The van der Waals surface area contributed by atoms with Crippen molar-refractivity contribution < 1.29 is 9.90 Å². The molecule has 84 valence electrons. The molecular formula is C12H14N2O2. The van der Waals surface area contributed by atoms with Gasteiger partial charge in [-0.15, -0.1) is 0 Å². The first-order valence-electron chi connectivity index (χ1n) is 5.64. The molecule has 1 saturated carbocycles. The van der Waals surface area contributed by atoms with Crippen LogP contribution in [0.5, 0.6) is 5.75 Å². The molecule has 1 aromatic rings. The molecule has 1 heterocycles. The van der Waals surface area contributed by atoms with E-state index in [1.54, 1.807) is 18.2 Å². The van der Waals surface area contributed by atoms with E-state index < -0.39 is 0 Å². The van der Waals surface area contributed by atoms with Crippen LogP contribution in [0, 0.1) is 5.92 Å². The maximum atomic E-state index is 11.9. The Morgan fingerprint density at radius 2 is 2.12 bits per heavy atom. The summed E-state index contributed by atoms with van der Waals surface area (Å²) in [6.07, 6.45) is 3.06. The number of fused-ring (bicyclic) bond motifs is 2. The first-order chi connectivity index (χ1) is 7.74. The van der Waals surface area contributed by atoms with Crippen LogP contribution in [0.25, 0.3) is 0 Å². The van der Waals surface area contributed by atoms with Crippen molar-refractivity contribution in [3.63, 3.8) is 0 Å². The highest BCUT2D eigenvalue weighted by Gasteiger charge is 2.35. The molecule has 0 radical (unpaired) electrons. The van der Waals surface area contributed by atoms with Crippen LogP contribution in [0.4, 0.5) is 11.4 Å². The van der Waals surface area contributed by atoms with Gasteiger partial charge in [-0.05, 0) is 25.0 Å². The number of aromatic hydroxyl groups is 1. The molecule has 4 nitrogen and oxygen atoms in total. The van der Waals surface area contributed by atoms with E-state index in [0.717, 1.165) is 30.6 Å². The van der Waals surface area contributed by atoms with E-state index in [-0.39, 0.29) is 23.6 Å². The van der Waals surface area contributed by atoms with E-state index in [4.69, 9.17) is 0 Å². The number of rotatable bonds is 0. The number of phenolic OH excluding ortho intramolecular Hbond substituents is 1. The molecule has 0 bridgehead atoms. The maximum absolute atomic E-state index is 11.9. The van der Waals surface area contributed by atoms with Gasteiger partial charge in [-0.1, -0.05) is 6.42 Å².